The highest BCUT2D eigenvalue weighted by Crippen LogP contribution is 2.06. The highest BCUT2D eigenvalue weighted by molar-refractivity contribution is 5.89. The van der Waals surface area contributed by atoms with Crippen molar-refractivity contribution in [1.82, 2.24) is 0 Å². The van der Waals surface area contributed by atoms with Crippen molar-refractivity contribution < 1.29 is 4.79 Å². The Labute approximate surface area is 93.6 Å². The first kappa shape index (κ1) is 13.9. The van der Waals surface area contributed by atoms with Crippen LogP contribution in [-0.2, 0) is 4.79 Å². The molecular weight excluding hydrogens is 184 g/mol. The average Bonchev–Trinajstić information content (AvgIpc) is 2.17. The molecule has 0 aromatic heterocycles. The molecule has 0 aromatic carbocycles. The van der Waals surface area contributed by atoms with E-state index in [4.69, 9.17) is 0 Å². The summed E-state index contributed by atoms with van der Waals surface area (Å²) in [6.45, 7) is 8.19. The van der Waals surface area contributed by atoms with E-state index in [1.54, 1.807) is 6.08 Å². The van der Waals surface area contributed by atoms with Gasteiger partial charge in [0.05, 0.1) is 0 Å². The van der Waals surface area contributed by atoms with Crippen LogP contribution in [0.1, 0.15) is 47.0 Å². The van der Waals surface area contributed by atoms with Crippen LogP contribution < -0.4 is 0 Å². The second-order valence-electron chi connectivity index (χ2n) is 4.01. The lowest BCUT2D eigenvalue weighted by molar-refractivity contribution is -0.114. The van der Waals surface area contributed by atoms with Gasteiger partial charge in [-0.15, -0.1) is 0 Å². The molecule has 0 saturated heterocycles. The zero-order chi connectivity index (χ0) is 11.7. The van der Waals surface area contributed by atoms with Crippen molar-refractivity contribution in [2.45, 2.75) is 47.0 Å². The van der Waals surface area contributed by atoms with Crippen LogP contribution in [0, 0.1) is 0 Å². The highest BCUT2D eigenvalue weighted by atomic mass is 16.1. The van der Waals surface area contributed by atoms with E-state index in [0.717, 1.165) is 12.8 Å². The number of carbonyl (C=O) groups is 1. The number of carbonyl (C=O) groups excluding carboxylic acids is 1. The Morgan fingerprint density at radius 1 is 1.20 bits per heavy atom. The summed E-state index contributed by atoms with van der Waals surface area (Å²) in [7, 11) is 0. The van der Waals surface area contributed by atoms with E-state index in [9.17, 15) is 4.79 Å². The Hall–Kier alpha value is -1.11. The maximum atomic E-state index is 11.0. The van der Waals surface area contributed by atoms with E-state index in [0.29, 0.717) is 6.42 Å². The van der Waals surface area contributed by atoms with Crippen LogP contribution >= 0.6 is 0 Å². The van der Waals surface area contributed by atoms with E-state index >= 15 is 0 Å². The van der Waals surface area contributed by atoms with Gasteiger partial charge in [0.25, 0.3) is 0 Å². The van der Waals surface area contributed by atoms with Crippen LogP contribution in [0.3, 0.4) is 0 Å². The molecule has 84 valence electrons. The van der Waals surface area contributed by atoms with Gasteiger partial charge in [0.15, 0.2) is 5.78 Å². The second kappa shape index (κ2) is 8.22. The normalized spacial score (nSPS) is 11.9. The van der Waals surface area contributed by atoms with E-state index in [1.807, 2.05) is 19.1 Å². The zero-order valence-electron chi connectivity index (χ0n) is 10.3. The van der Waals surface area contributed by atoms with Gasteiger partial charge in [-0.1, -0.05) is 36.3 Å². The summed E-state index contributed by atoms with van der Waals surface area (Å²) < 4.78 is 0. The number of ketones is 1. The van der Waals surface area contributed by atoms with Crippen LogP contribution in [0.25, 0.3) is 0 Å². The number of allylic oxidation sites excluding steroid dienone is 6. The molecule has 1 nitrogen and oxygen atoms in total. The molecule has 0 unspecified atom stereocenters. The van der Waals surface area contributed by atoms with Gasteiger partial charge in [0.1, 0.15) is 0 Å². The van der Waals surface area contributed by atoms with Crippen molar-refractivity contribution >= 4 is 5.78 Å². The third-order valence-electron chi connectivity index (χ3n) is 2.10. The molecule has 0 radical (unpaired) electrons. The van der Waals surface area contributed by atoms with Crippen LogP contribution in [0.4, 0.5) is 0 Å². The van der Waals surface area contributed by atoms with Crippen molar-refractivity contribution in [3.05, 3.63) is 35.5 Å². The van der Waals surface area contributed by atoms with Gasteiger partial charge in [-0.2, -0.15) is 0 Å². The molecule has 0 saturated carbocycles. The smallest absolute Gasteiger partial charge is 0.155 e. The van der Waals surface area contributed by atoms with Crippen molar-refractivity contribution in [1.29, 1.82) is 0 Å². The Balaban J connectivity index is 3.94. The lowest BCUT2D eigenvalue weighted by Crippen LogP contribution is -1.86. The first-order chi connectivity index (χ1) is 7.06. The molecule has 0 rings (SSSR count). The van der Waals surface area contributed by atoms with Gasteiger partial charge < -0.3 is 0 Å². The SMILES string of the molecule is CCC(=O)C=C/C=C(\C)CCC=C(C)C. The van der Waals surface area contributed by atoms with Gasteiger partial charge in [0, 0.05) is 6.42 Å². The number of rotatable bonds is 6. The van der Waals surface area contributed by atoms with E-state index in [2.05, 4.69) is 26.8 Å². The zero-order valence-corrected chi connectivity index (χ0v) is 10.3. The molecule has 0 heterocycles. The van der Waals surface area contributed by atoms with Gasteiger partial charge in [-0.05, 0) is 39.7 Å². The minimum Gasteiger partial charge on any atom is -0.295 e. The van der Waals surface area contributed by atoms with E-state index in [1.165, 1.54) is 11.1 Å². The Morgan fingerprint density at radius 2 is 1.87 bits per heavy atom. The predicted molar refractivity (Wildman–Crippen MR) is 66.9 cm³/mol. The molecule has 0 amide bonds. The van der Waals surface area contributed by atoms with Crippen molar-refractivity contribution in [2.24, 2.45) is 0 Å². The molecule has 0 aromatic rings. The molecule has 1 heteroatoms. The molecule has 0 atom stereocenters. The fraction of sp³-hybridized carbons (Fsp3) is 0.500. The van der Waals surface area contributed by atoms with Crippen molar-refractivity contribution in [3.8, 4) is 0 Å². The standard InChI is InChI=1S/C14H22O/c1-5-14(15)11-7-10-13(4)9-6-8-12(2)3/h7-8,10-11H,5-6,9H2,1-4H3/b11-7?,13-10+. The molecule has 0 fully saturated rings. The molecule has 0 aliphatic rings. The van der Waals surface area contributed by atoms with Crippen LogP contribution in [0.5, 0.6) is 0 Å². The lowest BCUT2D eigenvalue weighted by Gasteiger charge is -1.96. The summed E-state index contributed by atoms with van der Waals surface area (Å²) >= 11 is 0. The van der Waals surface area contributed by atoms with E-state index < -0.39 is 0 Å². The Kier molecular flexibility index (Phi) is 7.61. The summed E-state index contributed by atoms with van der Waals surface area (Å²) in [6, 6.07) is 0. The summed E-state index contributed by atoms with van der Waals surface area (Å²) in [5.74, 6) is 0.184. The van der Waals surface area contributed by atoms with Crippen LogP contribution in [0.2, 0.25) is 0 Å². The summed E-state index contributed by atoms with van der Waals surface area (Å²) in [4.78, 5) is 11.0. The summed E-state index contributed by atoms with van der Waals surface area (Å²) in [6.07, 6.45) is 10.5. The monoisotopic (exact) mass is 206 g/mol. The largest absolute Gasteiger partial charge is 0.295 e. The minimum absolute atomic E-state index is 0.184. The van der Waals surface area contributed by atoms with Gasteiger partial charge >= 0.3 is 0 Å². The lowest BCUT2D eigenvalue weighted by atomic mass is 10.1. The van der Waals surface area contributed by atoms with Crippen molar-refractivity contribution in [2.75, 3.05) is 0 Å². The maximum absolute atomic E-state index is 11.0. The van der Waals surface area contributed by atoms with Crippen LogP contribution in [0.15, 0.2) is 35.5 Å². The number of hydrogen-bond donors (Lipinski definition) is 0. The quantitative estimate of drug-likeness (QED) is 0.361. The summed E-state index contributed by atoms with van der Waals surface area (Å²) in [5.41, 5.74) is 2.67. The second-order valence-corrected chi connectivity index (χ2v) is 4.01. The molecule has 0 aliphatic heterocycles. The molecule has 15 heavy (non-hydrogen) atoms. The minimum atomic E-state index is 0.184. The van der Waals surface area contributed by atoms with Gasteiger partial charge in [-0.25, -0.2) is 0 Å². The highest BCUT2D eigenvalue weighted by Gasteiger charge is 1.89. The Morgan fingerprint density at radius 3 is 2.40 bits per heavy atom. The maximum Gasteiger partial charge on any atom is 0.155 e. The first-order valence-electron chi connectivity index (χ1n) is 5.56. The molecule has 0 aliphatic carbocycles. The van der Waals surface area contributed by atoms with Crippen LogP contribution in [-0.4, -0.2) is 5.78 Å². The Bertz CT molecular complexity index is 276. The van der Waals surface area contributed by atoms with Crippen molar-refractivity contribution in [3.63, 3.8) is 0 Å². The molecule has 0 spiro atoms. The number of hydrogen-bond acceptors (Lipinski definition) is 1. The predicted octanol–water partition coefficient (Wildman–Crippen LogP) is 4.21. The third-order valence-corrected chi connectivity index (χ3v) is 2.10. The average molecular weight is 206 g/mol. The topological polar surface area (TPSA) is 17.1 Å². The molecule has 0 bridgehead atoms. The first-order valence-corrected chi connectivity index (χ1v) is 5.56. The fourth-order valence-corrected chi connectivity index (χ4v) is 1.11. The van der Waals surface area contributed by atoms with E-state index in [-0.39, 0.29) is 5.78 Å². The van der Waals surface area contributed by atoms with Gasteiger partial charge in [0.2, 0.25) is 0 Å². The molecule has 0 N–H and O–H groups in total. The van der Waals surface area contributed by atoms with Gasteiger partial charge in [-0.3, -0.25) is 4.79 Å². The summed E-state index contributed by atoms with van der Waals surface area (Å²) in [5, 5.41) is 0. The molecular formula is C14H22O. The fourth-order valence-electron chi connectivity index (χ4n) is 1.11. The third kappa shape index (κ3) is 9.20.